The molecular formula is C21H26N4O2. The van der Waals surface area contributed by atoms with Gasteiger partial charge >= 0.3 is 0 Å². The van der Waals surface area contributed by atoms with Crippen LogP contribution in [-0.2, 0) is 5.41 Å². The van der Waals surface area contributed by atoms with Gasteiger partial charge in [0.25, 0.3) is 5.91 Å². The quantitative estimate of drug-likeness (QED) is 0.770. The lowest BCUT2D eigenvalue weighted by atomic mass is 9.72. The number of fused-ring (bicyclic) bond motifs is 2. The second kappa shape index (κ2) is 6.94. The van der Waals surface area contributed by atoms with E-state index in [-0.39, 0.29) is 17.4 Å². The molecule has 142 valence electrons. The molecule has 0 bridgehead atoms. The molecule has 1 amide bonds. The third kappa shape index (κ3) is 2.89. The normalized spacial score (nSPS) is 23.3. The van der Waals surface area contributed by atoms with E-state index in [1.54, 1.807) is 6.20 Å². The molecule has 0 saturated carbocycles. The van der Waals surface area contributed by atoms with Gasteiger partial charge in [0, 0.05) is 31.2 Å². The van der Waals surface area contributed by atoms with Crippen LogP contribution < -0.4 is 16.0 Å². The van der Waals surface area contributed by atoms with E-state index in [0.29, 0.717) is 12.1 Å². The summed E-state index contributed by atoms with van der Waals surface area (Å²) in [6, 6.07) is 11.5. The van der Waals surface area contributed by atoms with Crippen LogP contribution >= 0.6 is 0 Å². The fourth-order valence-corrected chi connectivity index (χ4v) is 4.58. The number of amides is 1. The molecule has 1 saturated heterocycles. The van der Waals surface area contributed by atoms with E-state index in [1.165, 1.54) is 5.56 Å². The summed E-state index contributed by atoms with van der Waals surface area (Å²) in [6.07, 6.45) is 2.74. The van der Waals surface area contributed by atoms with Gasteiger partial charge in [0.2, 0.25) is 0 Å². The molecule has 1 fully saturated rings. The fraction of sp³-hybridized carbons (Fsp3) is 0.429. The number of aliphatic hydroxyl groups is 1. The van der Waals surface area contributed by atoms with E-state index in [9.17, 15) is 9.90 Å². The highest BCUT2D eigenvalue weighted by Gasteiger charge is 2.51. The Morgan fingerprint density at radius 2 is 2.04 bits per heavy atom. The van der Waals surface area contributed by atoms with Crippen LogP contribution in [0, 0.1) is 0 Å². The number of pyridine rings is 1. The van der Waals surface area contributed by atoms with Crippen molar-refractivity contribution in [3.63, 3.8) is 0 Å². The summed E-state index contributed by atoms with van der Waals surface area (Å²) in [7, 11) is 0. The van der Waals surface area contributed by atoms with Crippen molar-refractivity contribution in [2.24, 2.45) is 5.73 Å². The number of nitrogens with zero attached hydrogens (tertiary/aromatic N) is 2. The monoisotopic (exact) mass is 366 g/mol. The number of aromatic nitrogens is 1. The average molecular weight is 366 g/mol. The second-order valence-electron chi connectivity index (χ2n) is 7.47. The lowest BCUT2D eigenvalue weighted by Crippen LogP contribution is -2.49. The number of carbonyl (C=O) groups is 1. The summed E-state index contributed by atoms with van der Waals surface area (Å²) in [5.41, 5.74) is 8.87. The van der Waals surface area contributed by atoms with Crippen molar-refractivity contribution in [3.8, 4) is 0 Å². The zero-order valence-corrected chi connectivity index (χ0v) is 15.6. The summed E-state index contributed by atoms with van der Waals surface area (Å²) >= 11 is 0. The van der Waals surface area contributed by atoms with Gasteiger partial charge in [-0.3, -0.25) is 4.79 Å². The van der Waals surface area contributed by atoms with Gasteiger partial charge in [-0.1, -0.05) is 24.3 Å². The summed E-state index contributed by atoms with van der Waals surface area (Å²) in [5.74, 6) is 0.761. The second-order valence-corrected chi connectivity index (χ2v) is 7.47. The first-order valence-corrected chi connectivity index (χ1v) is 9.59. The minimum absolute atomic E-state index is 0.103. The Bertz CT molecular complexity index is 828. The maximum absolute atomic E-state index is 11.9. The van der Waals surface area contributed by atoms with Gasteiger partial charge in [0.05, 0.1) is 17.7 Å². The lowest BCUT2D eigenvalue weighted by Gasteiger charge is -2.43. The Morgan fingerprint density at radius 3 is 2.70 bits per heavy atom. The third-order valence-corrected chi connectivity index (χ3v) is 6.09. The molecule has 0 unspecified atom stereocenters. The molecule has 2 aromatic rings. The summed E-state index contributed by atoms with van der Waals surface area (Å²) in [5, 5.41) is 13.7. The van der Waals surface area contributed by atoms with Gasteiger partial charge in [0.1, 0.15) is 5.82 Å². The Hall–Kier alpha value is -2.44. The van der Waals surface area contributed by atoms with Crippen molar-refractivity contribution >= 4 is 11.7 Å². The molecule has 2 atom stereocenters. The molecule has 1 aromatic carbocycles. The highest BCUT2D eigenvalue weighted by Crippen LogP contribution is 2.50. The maximum atomic E-state index is 11.9. The molecule has 6 heteroatoms. The standard InChI is InChI=1S/C21H26N4O2/c1-2-23-20(27)14-7-8-17(24-13-14)25-11-9-21(10-12-25)16-6-4-3-5-15(16)18(22)19(21)26/h3-8,13,18-19,26H,2,9-12,22H2,1H3,(H,23,27)/t18-,19+/m1/s1. The zero-order valence-electron chi connectivity index (χ0n) is 15.6. The predicted molar refractivity (Wildman–Crippen MR) is 105 cm³/mol. The Kier molecular flexibility index (Phi) is 4.61. The number of hydrogen-bond acceptors (Lipinski definition) is 5. The first kappa shape index (κ1) is 17.9. The van der Waals surface area contributed by atoms with Crippen LogP contribution in [-0.4, -0.2) is 41.7 Å². The zero-order chi connectivity index (χ0) is 19.0. The van der Waals surface area contributed by atoms with Crippen LogP contribution in [0.4, 0.5) is 5.82 Å². The molecule has 4 N–H and O–H groups in total. The molecule has 27 heavy (non-hydrogen) atoms. The van der Waals surface area contributed by atoms with Gasteiger partial charge in [-0.2, -0.15) is 0 Å². The first-order valence-electron chi connectivity index (χ1n) is 9.59. The maximum Gasteiger partial charge on any atom is 0.252 e. The number of nitrogens with one attached hydrogen (secondary N) is 1. The van der Waals surface area contributed by atoms with E-state index in [2.05, 4.69) is 21.3 Å². The lowest BCUT2D eigenvalue weighted by molar-refractivity contribution is 0.0582. The number of carbonyl (C=O) groups excluding carboxylic acids is 1. The Labute approximate surface area is 159 Å². The number of anilines is 1. The first-order chi connectivity index (χ1) is 13.1. The van der Waals surface area contributed by atoms with Crippen molar-refractivity contribution in [1.82, 2.24) is 10.3 Å². The topological polar surface area (TPSA) is 91.5 Å². The van der Waals surface area contributed by atoms with Crippen molar-refractivity contribution in [3.05, 3.63) is 59.3 Å². The molecule has 0 radical (unpaired) electrons. The van der Waals surface area contributed by atoms with Gasteiger partial charge < -0.3 is 21.1 Å². The van der Waals surface area contributed by atoms with Gasteiger partial charge in [-0.05, 0) is 43.0 Å². The summed E-state index contributed by atoms with van der Waals surface area (Å²) in [6.45, 7) is 4.09. The number of nitrogens with two attached hydrogens (primary N) is 1. The van der Waals surface area contributed by atoms with E-state index < -0.39 is 6.10 Å². The largest absolute Gasteiger partial charge is 0.390 e. The van der Waals surface area contributed by atoms with Gasteiger partial charge in [-0.25, -0.2) is 4.98 Å². The van der Waals surface area contributed by atoms with Crippen LogP contribution in [0.25, 0.3) is 0 Å². The molecule has 1 aliphatic heterocycles. The van der Waals surface area contributed by atoms with E-state index in [4.69, 9.17) is 5.73 Å². The Balaban J connectivity index is 1.50. The van der Waals surface area contributed by atoms with Crippen LogP contribution in [0.3, 0.4) is 0 Å². The van der Waals surface area contributed by atoms with Crippen LogP contribution in [0.1, 0.15) is 47.3 Å². The number of hydrogen-bond donors (Lipinski definition) is 3. The highest BCUT2D eigenvalue weighted by molar-refractivity contribution is 5.94. The predicted octanol–water partition coefficient (Wildman–Crippen LogP) is 1.74. The molecule has 1 aliphatic carbocycles. The molecule has 4 rings (SSSR count). The van der Waals surface area contributed by atoms with Crippen molar-refractivity contribution in [2.75, 3.05) is 24.5 Å². The molecule has 1 spiro atoms. The Morgan fingerprint density at radius 1 is 1.30 bits per heavy atom. The van der Waals surface area contributed by atoms with E-state index >= 15 is 0 Å². The third-order valence-electron chi connectivity index (χ3n) is 6.09. The SMILES string of the molecule is CCNC(=O)c1ccc(N2CCC3(CC2)c2ccccc2[C@@H](N)[C@@H]3O)nc1. The summed E-state index contributed by atoms with van der Waals surface area (Å²) < 4.78 is 0. The molecule has 1 aromatic heterocycles. The smallest absolute Gasteiger partial charge is 0.252 e. The van der Waals surface area contributed by atoms with Crippen LogP contribution in [0.15, 0.2) is 42.6 Å². The molecular weight excluding hydrogens is 340 g/mol. The van der Waals surface area contributed by atoms with Crippen molar-refractivity contribution < 1.29 is 9.90 Å². The number of piperidine rings is 1. The minimum atomic E-state index is -0.551. The van der Waals surface area contributed by atoms with E-state index in [0.717, 1.165) is 37.3 Å². The van der Waals surface area contributed by atoms with E-state index in [1.807, 2.05) is 37.3 Å². The fourth-order valence-electron chi connectivity index (χ4n) is 4.58. The average Bonchev–Trinajstić information content (AvgIpc) is 2.92. The van der Waals surface area contributed by atoms with Crippen molar-refractivity contribution in [1.29, 1.82) is 0 Å². The molecule has 2 heterocycles. The number of aliphatic hydroxyl groups excluding tert-OH is 1. The number of rotatable bonds is 3. The van der Waals surface area contributed by atoms with Gasteiger partial charge in [0.15, 0.2) is 0 Å². The summed E-state index contributed by atoms with van der Waals surface area (Å²) in [4.78, 5) is 18.6. The van der Waals surface area contributed by atoms with Crippen LogP contribution in [0.5, 0.6) is 0 Å². The van der Waals surface area contributed by atoms with Crippen molar-refractivity contribution in [2.45, 2.75) is 37.3 Å². The minimum Gasteiger partial charge on any atom is -0.390 e. The van der Waals surface area contributed by atoms with Gasteiger partial charge in [-0.15, -0.1) is 0 Å². The van der Waals surface area contributed by atoms with Crippen LogP contribution in [0.2, 0.25) is 0 Å². The molecule has 6 nitrogen and oxygen atoms in total. The number of benzene rings is 1. The highest BCUT2D eigenvalue weighted by atomic mass is 16.3. The molecule has 2 aliphatic rings.